The number of benzene rings is 1. The lowest BCUT2D eigenvalue weighted by molar-refractivity contribution is -0.139. The zero-order valence-electron chi connectivity index (χ0n) is 9.82. The summed E-state index contributed by atoms with van der Waals surface area (Å²) in [5.74, 6) is 0.559. The van der Waals surface area contributed by atoms with Crippen LogP contribution >= 0.6 is 0 Å². The molecule has 0 fully saturated rings. The first-order chi connectivity index (χ1) is 7.71. The maximum Gasteiger partial charge on any atom is 0.309 e. The molecule has 0 aliphatic carbocycles. The van der Waals surface area contributed by atoms with Gasteiger partial charge in [0.05, 0.1) is 20.6 Å². The Hall–Kier alpha value is -1.77. The monoisotopic (exact) mass is 220 g/mol. The van der Waals surface area contributed by atoms with E-state index in [2.05, 4.69) is 4.74 Å². The van der Waals surface area contributed by atoms with E-state index in [4.69, 9.17) is 4.74 Å². The van der Waals surface area contributed by atoms with Crippen molar-refractivity contribution in [2.75, 3.05) is 14.2 Å². The van der Waals surface area contributed by atoms with E-state index < -0.39 is 0 Å². The first-order valence-corrected chi connectivity index (χ1v) is 5.07. The summed E-state index contributed by atoms with van der Waals surface area (Å²) in [7, 11) is 3.01. The topological polar surface area (TPSA) is 35.5 Å². The zero-order valence-corrected chi connectivity index (χ0v) is 9.82. The third-order valence-electron chi connectivity index (χ3n) is 2.22. The molecule has 0 heterocycles. The molecule has 0 saturated heterocycles. The van der Waals surface area contributed by atoms with Gasteiger partial charge in [0.1, 0.15) is 5.75 Å². The van der Waals surface area contributed by atoms with Crippen LogP contribution in [0.5, 0.6) is 5.75 Å². The van der Waals surface area contributed by atoms with Crippen LogP contribution < -0.4 is 4.74 Å². The van der Waals surface area contributed by atoms with E-state index in [-0.39, 0.29) is 12.4 Å². The van der Waals surface area contributed by atoms with Gasteiger partial charge in [-0.05, 0) is 24.6 Å². The molecular weight excluding hydrogens is 204 g/mol. The summed E-state index contributed by atoms with van der Waals surface area (Å²) in [6, 6.07) is 5.64. The second-order valence-electron chi connectivity index (χ2n) is 3.33. The molecular formula is C13H16O3. The van der Waals surface area contributed by atoms with E-state index in [1.165, 1.54) is 7.11 Å². The van der Waals surface area contributed by atoms with Crippen molar-refractivity contribution in [2.45, 2.75) is 13.3 Å². The average Bonchev–Trinajstić information content (AvgIpc) is 2.30. The third kappa shape index (κ3) is 3.12. The Morgan fingerprint density at radius 3 is 2.69 bits per heavy atom. The number of methoxy groups -OCH3 is 2. The number of hydrogen-bond donors (Lipinski definition) is 0. The molecule has 0 saturated carbocycles. The Morgan fingerprint density at radius 1 is 1.38 bits per heavy atom. The molecule has 0 aromatic heterocycles. The van der Waals surface area contributed by atoms with Crippen molar-refractivity contribution in [1.82, 2.24) is 0 Å². The molecule has 1 rings (SSSR count). The highest BCUT2D eigenvalue weighted by Gasteiger charge is 2.06. The predicted octanol–water partition coefficient (Wildman–Crippen LogP) is 2.44. The Bertz CT molecular complexity index is 394. The van der Waals surface area contributed by atoms with Crippen molar-refractivity contribution in [2.24, 2.45) is 0 Å². The van der Waals surface area contributed by atoms with Crippen molar-refractivity contribution in [1.29, 1.82) is 0 Å². The molecule has 0 spiro atoms. The van der Waals surface area contributed by atoms with Gasteiger partial charge in [-0.25, -0.2) is 0 Å². The fourth-order valence-electron chi connectivity index (χ4n) is 1.44. The lowest BCUT2D eigenvalue weighted by Crippen LogP contribution is -2.04. The molecule has 0 radical (unpaired) electrons. The van der Waals surface area contributed by atoms with E-state index in [1.54, 1.807) is 7.11 Å². The van der Waals surface area contributed by atoms with Crippen molar-refractivity contribution in [3.05, 3.63) is 35.4 Å². The van der Waals surface area contributed by atoms with E-state index >= 15 is 0 Å². The summed E-state index contributed by atoms with van der Waals surface area (Å²) in [5.41, 5.74) is 1.88. The zero-order chi connectivity index (χ0) is 12.0. The van der Waals surface area contributed by atoms with E-state index in [1.807, 2.05) is 37.3 Å². The highest BCUT2D eigenvalue weighted by atomic mass is 16.5. The number of esters is 1. The first-order valence-electron chi connectivity index (χ1n) is 5.07. The van der Waals surface area contributed by atoms with Crippen LogP contribution in [0.1, 0.15) is 18.1 Å². The van der Waals surface area contributed by atoms with Crippen LogP contribution in [0.2, 0.25) is 0 Å². The lowest BCUT2D eigenvalue weighted by atomic mass is 10.1. The third-order valence-corrected chi connectivity index (χ3v) is 2.22. The van der Waals surface area contributed by atoms with E-state index in [9.17, 15) is 4.79 Å². The molecule has 16 heavy (non-hydrogen) atoms. The Balaban J connectivity index is 2.97. The predicted molar refractivity (Wildman–Crippen MR) is 63.4 cm³/mol. The fraction of sp³-hybridized carbons (Fsp3) is 0.308. The number of allylic oxidation sites excluding steroid dienone is 1. The minimum absolute atomic E-state index is 0.239. The Kier molecular flexibility index (Phi) is 4.58. The Labute approximate surface area is 95.7 Å². The summed E-state index contributed by atoms with van der Waals surface area (Å²) < 4.78 is 9.84. The fourth-order valence-corrected chi connectivity index (χ4v) is 1.44. The molecule has 0 aliphatic heterocycles. The normalized spacial score (nSPS) is 10.4. The summed E-state index contributed by atoms with van der Waals surface area (Å²) >= 11 is 0. The van der Waals surface area contributed by atoms with Gasteiger partial charge in [-0.3, -0.25) is 4.79 Å². The van der Waals surface area contributed by atoms with Crippen LogP contribution in [-0.4, -0.2) is 20.2 Å². The standard InChI is InChI=1S/C13H16O3/c1-4-5-11-8-10(9-13(14)16-3)6-7-12(11)15-2/h4-8H,9H2,1-3H3/b5-4+. The van der Waals surface area contributed by atoms with Gasteiger partial charge in [-0.1, -0.05) is 18.2 Å². The van der Waals surface area contributed by atoms with Gasteiger partial charge in [0.25, 0.3) is 0 Å². The molecule has 0 bridgehead atoms. The smallest absolute Gasteiger partial charge is 0.309 e. The molecule has 86 valence electrons. The van der Waals surface area contributed by atoms with Crippen LogP contribution in [0.15, 0.2) is 24.3 Å². The average molecular weight is 220 g/mol. The van der Waals surface area contributed by atoms with Crippen LogP contribution in [-0.2, 0) is 16.0 Å². The highest BCUT2D eigenvalue weighted by molar-refractivity contribution is 5.73. The SMILES string of the molecule is C/C=C/c1cc(CC(=O)OC)ccc1OC. The largest absolute Gasteiger partial charge is 0.496 e. The van der Waals surface area contributed by atoms with Gasteiger partial charge in [0.2, 0.25) is 0 Å². The highest BCUT2D eigenvalue weighted by Crippen LogP contribution is 2.21. The number of hydrogen-bond acceptors (Lipinski definition) is 3. The lowest BCUT2D eigenvalue weighted by Gasteiger charge is -2.07. The van der Waals surface area contributed by atoms with E-state index in [0.29, 0.717) is 0 Å². The van der Waals surface area contributed by atoms with Crippen molar-refractivity contribution in [3.8, 4) is 5.75 Å². The summed E-state index contributed by atoms with van der Waals surface area (Å²) in [4.78, 5) is 11.1. The second-order valence-corrected chi connectivity index (χ2v) is 3.33. The number of carbonyl (C=O) groups excluding carboxylic acids is 1. The van der Waals surface area contributed by atoms with Crippen molar-refractivity contribution < 1.29 is 14.3 Å². The number of carbonyl (C=O) groups is 1. The number of rotatable bonds is 4. The summed E-state index contributed by atoms with van der Waals surface area (Å²) in [6.45, 7) is 1.94. The molecule has 0 aliphatic rings. The van der Waals surface area contributed by atoms with Crippen LogP contribution in [0.3, 0.4) is 0 Å². The van der Waals surface area contributed by atoms with Crippen LogP contribution in [0.4, 0.5) is 0 Å². The van der Waals surface area contributed by atoms with Crippen molar-refractivity contribution in [3.63, 3.8) is 0 Å². The molecule has 0 amide bonds. The maximum absolute atomic E-state index is 11.1. The molecule has 0 atom stereocenters. The molecule has 1 aromatic rings. The molecule has 3 heteroatoms. The number of ether oxygens (including phenoxy) is 2. The molecule has 0 N–H and O–H groups in total. The van der Waals surface area contributed by atoms with E-state index in [0.717, 1.165) is 16.9 Å². The van der Waals surface area contributed by atoms with Gasteiger partial charge < -0.3 is 9.47 Å². The summed E-state index contributed by atoms with van der Waals surface area (Å²) in [5, 5.41) is 0. The van der Waals surface area contributed by atoms with Crippen LogP contribution in [0.25, 0.3) is 6.08 Å². The van der Waals surface area contributed by atoms with Gasteiger partial charge in [0, 0.05) is 5.56 Å². The van der Waals surface area contributed by atoms with Gasteiger partial charge in [-0.2, -0.15) is 0 Å². The maximum atomic E-state index is 11.1. The molecule has 3 nitrogen and oxygen atoms in total. The Morgan fingerprint density at radius 2 is 2.12 bits per heavy atom. The summed E-state index contributed by atoms with van der Waals surface area (Å²) in [6.07, 6.45) is 4.16. The molecule has 0 unspecified atom stereocenters. The van der Waals surface area contributed by atoms with Gasteiger partial charge in [-0.15, -0.1) is 0 Å². The first kappa shape index (κ1) is 12.3. The quantitative estimate of drug-likeness (QED) is 0.731. The van der Waals surface area contributed by atoms with Crippen molar-refractivity contribution >= 4 is 12.0 Å². The minimum atomic E-state index is -0.239. The van der Waals surface area contributed by atoms with Gasteiger partial charge >= 0.3 is 5.97 Å². The second kappa shape index (κ2) is 5.95. The van der Waals surface area contributed by atoms with Gasteiger partial charge in [0.15, 0.2) is 0 Å². The molecule has 1 aromatic carbocycles. The van der Waals surface area contributed by atoms with Crippen LogP contribution in [0, 0.1) is 0 Å². The minimum Gasteiger partial charge on any atom is -0.496 e.